The minimum absolute atomic E-state index is 0.518. The summed E-state index contributed by atoms with van der Waals surface area (Å²) in [5.74, 6) is 0. The van der Waals surface area contributed by atoms with E-state index in [1.807, 2.05) is 13.1 Å². The van der Waals surface area contributed by atoms with E-state index in [4.69, 9.17) is 5.73 Å². The van der Waals surface area contributed by atoms with Crippen molar-refractivity contribution in [1.29, 1.82) is 0 Å². The Morgan fingerprint density at radius 1 is 1.44 bits per heavy atom. The van der Waals surface area contributed by atoms with Crippen LogP contribution in [0, 0.1) is 6.92 Å². The van der Waals surface area contributed by atoms with Crippen LogP contribution < -0.4 is 10.6 Å². The molecule has 4 heteroatoms. The van der Waals surface area contributed by atoms with Crippen molar-refractivity contribution in [2.75, 3.05) is 31.6 Å². The van der Waals surface area contributed by atoms with Crippen molar-refractivity contribution in [2.45, 2.75) is 32.9 Å². The van der Waals surface area contributed by atoms with Crippen LogP contribution in [0.1, 0.15) is 24.6 Å². The molecule has 0 aliphatic carbocycles. The molecule has 0 spiro atoms. The van der Waals surface area contributed by atoms with Crippen LogP contribution in [-0.4, -0.2) is 42.6 Å². The molecule has 0 amide bonds. The Bertz CT molecular complexity index is 405. The molecule has 1 aliphatic rings. The van der Waals surface area contributed by atoms with Gasteiger partial charge in [-0.05, 0) is 39.9 Å². The third-order valence-electron chi connectivity index (χ3n) is 3.67. The van der Waals surface area contributed by atoms with Gasteiger partial charge in [0.1, 0.15) is 0 Å². The SMILES string of the molecule is Cc1cc(N2CCCN(C)CC2C)c(CN)cn1. The summed E-state index contributed by atoms with van der Waals surface area (Å²) in [5, 5.41) is 0. The average Bonchev–Trinajstić information content (AvgIpc) is 2.50. The predicted molar refractivity (Wildman–Crippen MR) is 75.8 cm³/mol. The summed E-state index contributed by atoms with van der Waals surface area (Å²) in [6.45, 7) is 8.26. The maximum Gasteiger partial charge on any atom is 0.0448 e. The molecule has 4 nitrogen and oxygen atoms in total. The number of nitrogens with two attached hydrogens (primary N) is 1. The molecule has 1 saturated heterocycles. The molecule has 0 saturated carbocycles. The van der Waals surface area contributed by atoms with Crippen molar-refractivity contribution in [3.8, 4) is 0 Å². The van der Waals surface area contributed by atoms with Gasteiger partial charge in [-0.15, -0.1) is 0 Å². The molecular weight excluding hydrogens is 224 g/mol. The molecule has 100 valence electrons. The van der Waals surface area contributed by atoms with Crippen LogP contribution in [-0.2, 0) is 6.54 Å². The molecule has 2 rings (SSSR count). The third-order valence-corrected chi connectivity index (χ3v) is 3.67. The fraction of sp³-hybridized carbons (Fsp3) is 0.643. The number of hydrogen-bond acceptors (Lipinski definition) is 4. The minimum Gasteiger partial charge on any atom is -0.367 e. The lowest BCUT2D eigenvalue weighted by molar-refractivity contribution is 0.337. The Labute approximate surface area is 110 Å². The second-order valence-corrected chi connectivity index (χ2v) is 5.32. The summed E-state index contributed by atoms with van der Waals surface area (Å²) in [5.41, 5.74) is 9.33. The van der Waals surface area contributed by atoms with Gasteiger partial charge in [0.25, 0.3) is 0 Å². The Balaban J connectivity index is 2.31. The second kappa shape index (κ2) is 5.67. The van der Waals surface area contributed by atoms with E-state index in [0.29, 0.717) is 12.6 Å². The molecule has 1 aromatic heterocycles. The van der Waals surface area contributed by atoms with Crippen LogP contribution >= 0.6 is 0 Å². The monoisotopic (exact) mass is 248 g/mol. The first kappa shape index (κ1) is 13.3. The number of nitrogens with zero attached hydrogens (tertiary/aromatic N) is 3. The van der Waals surface area contributed by atoms with Crippen LogP contribution in [0.2, 0.25) is 0 Å². The van der Waals surface area contributed by atoms with E-state index in [2.05, 4.69) is 34.8 Å². The molecular formula is C14H24N4. The number of aromatic nitrogens is 1. The molecule has 1 aliphatic heterocycles. The summed E-state index contributed by atoms with van der Waals surface area (Å²) < 4.78 is 0. The number of likely N-dealkylation sites (N-methyl/N-ethyl adjacent to an activating group) is 1. The van der Waals surface area contributed by atoms with Crippen molar-refractivity contribution in [2.24, 2.45) is 5.73 Å². The van der Waals surface area contributed by atoms with Crippen molar-refractivity contribution >= 4 is 5.69 Å². The quantitative estimate of drug-likeness (QED) is 0.859. The first-order valence-electron chi connectivity index (χ1n) is 6.72. The molecule has 0 bridgehead atoms. The lowest BCUT2D eigenvalue weighted by Crippen LogP contribution is -2.38. The highest BCUT2D eigenvalue weighted by molar-refractivity contribution is 5.54. The van der Waals surface area contributed by atoms with Crippen LogP contribution in [0.3, 0.4) is 0 Å². The first-order chi connectivity index (χ1) is 8.61. The number of pyridine rings is 1. The molecule has 1 atom stereocenters. The fourth-order valence-corrected chi connectivity index (χ4v) is 2.73. The van der Waals surface area contributed by atoms with Gasteiger partial charge in [0, 0.05) is 48.8 Å². The van der Waals surface area contributed by atoms with Gasteiger partial charge in [0.15, 0.2) is 0 Å². The molecule has 2 heterocycles. The normalized spacial score (nSPS) is 22.0. The minimum atomic E-state index is 0.518. The van der Waals surface area contributed by atoms with E-state index in [1.165, 1.54) is 18.7 Å². The Hall–Kier alpha value is -1.13. The van der Waals surface area contributed by atoms with E-state index in [1.54, 1.807) is 0 Å². The Morgan fingerprint density at radius 3 is 2.94 bits per heavy atom. The lowest BCUT2D eigenvalue weighted by atomic mass is 10.1. The molecule has 1 unspecified atom stereocenters. The summed E-state index contributed by atoms with van der Waals surface area (Å²) >= 11 is 0. The molecule has 0 radical (unpaired) electrons. The van der Waals surface area contributed by atoms with Crippen molar-refractivity contribution < 1.29 is 0 Å². The summed E-state index contributed by atoms with van der Waals surface area (Å²) in [4.78, 5) is 9.24. The highest BCUT2D eigenvalue weighted by Crippen LogP contribution is 2.24. The molecule has 0 aromatic carbocycles. The second-order valence-electron chi connectivity index (χ2n) is 5.32. The smallest absolute Gasteiger partial charge is 0.0448 e. The molecule has 1 aromatic rings. The molecule has 18 heavy (non-hydrogen) atoms. The first-order valence-corrected chi connectivity index (χ1v) is 6.72. The number of rotatable bonds is 2. The van der Waals surface area contributed by atoms with Crippen LogP contribution in [0.15, 0.2) is 12.3 Å². The number of anilines is 1. The van der Waals surface area contributed by atoms with E-state index >= 15 is 0 Å². The highest BCUT2D eigenvalue weighted by Gasteiger charge is 2.21. The average molecular weight is 248 g/mol. The van der Waals surface area contributed by atoms with Crippen molar-refractivity contribution in [3.63, 3.8) is 0 Å². The summed E-state index contributed by atoms with van der Waals surface area (Å²) in [6.07, 6.45) is 3.12. The van der Waals surface area contributed by atoms with Gasteiger partial charge in [-0.25, -0.2) is 0 Å². The van der Waals surface area contributed by atoms with Crippen LogP contribution in [0.25, 0.3) is 0 Å². The van der Waals surface area contributed by atoms with E-state index in [-0.39, 0.29) is 0 Å². The topological polar surface area (TPSA) is 45.4 Å². The zero-order valence-electron chi connectivity index (χ0n) is 11.7. The van der Waals surface area contributed by atoms with Gasteiger partial charge in [-0.2, -0.15) is 0 Å². The number of aryl methyl sites for hydroxylation is 1. The standard InChI is InChI=1S/C14H24N4/c1-11-7-14(13(8-15)9-16-11)18-6-4-5-17(3)10-12(18)2/h7,9,12H,4-6,8,10,15H2,1-3H3. The Kier molecular flexibility index (Phi) is 4.19. The van der Waals surface area contributed by atoms with Gasteiger partial charge < -0.3 is 15.5 Å². The predicted octanol–water partition coefficient (Wildman–Crippen LogP) is 1.38. The molecule has 2 N–H and O–H groups in total. The third kappa shape index (κ3) is 2.82. The lowest BCUT2D eigenvalue weighted by Gasteiger charge is -2.31. The van der Waals surface area contributed by atoms with Crippen molar-refractivity contribution in [1.82, 2.24) is 9.88 Å². The highest BCUT2D eigenvalue weighted by atomic mass is 15.2. The zero-order chi connectivity index (χ0) is 13.1. The maximum absolute atomic E-state index is 5.84. The van der Waals surface area contributed by atoms with Crippen LogP contribution in [0.5, 0.6) is 0 Å². The maximum atomic E-state index is 5.84. The van der Waals surface area contributed by atoms with Gasteiger partial charge in [0.05, 0.1) is 0 Å². The fourth-order valence-electron chi connectivity index (χ4n) is 2.73. The van der Waals surface area contributed by atoms with Gasteiger partial charge in [-0.1, -0.05) is 0 Å². The summed E-state index contributed by atoms with van der Waals surface area (Å²) in [6, 6.07) is 2.69. The van der Waals surface area contributed by atoms with E-state index < -0.39 is 0 Å². The largest absolute Gasteiger partial charge is 0.367 e. The zero-order valence-corrected chi connectivity index (χ0v) is 11.7. The summed E-state index contributed by atoms with van der Waals surface area (Å²) in [7, 11) is 2.20. The van der Waals surface area contributed by atoms with Crippen molar-refractivity contribution in [3.05, 3.63) is 23.5 Å². The molecule has 1 fully saturated rings. The Morgan fingerprint density at radius 2 is 2.22 bits per heavy atom. The van der Waals surface area contributed by atoms with Gasteiger partial charge in [-0.3, -0.25) is 4.98 Å². The van der Waals surface area contributed by atoms with E-state index in [0.717, 1.165) is 24.3 Å². The van der Waals surface area contributed by atoms with Gasteiger partial charge in [0.2, 0.25) is 0 Å². The number of hydrogen-bond donors (Lipinski definition) is 1. The van der Waals surface area contributed by atoms with E-state index in [9.17, 15) is 0 Å². The van der Waals surface area contributed by atoms with Crippen LogP contribution in [0.4, 0.5) is 5.69 Å². The van der Waals surface area contributed by atoms with Gasteiger partial charge >= 0.3 is 0 Å².